The molecular formula is C20H21ClFNO3. The second-order valence-corrected chi connectivity index (χ2v) is 7.13. The molecule has 1 N–H and O–H groups in total. The highest BCUT2D eigenvalue weighted by molar-refractivity contribution is 6.30. The number of carbonyl (C=O) groups is 1. The van der Waals surface area contributed by atoms with Crippen LogP contribution in [0, 0.1) is 5.82 Å². The summed E-state index contributed by atoms with van der Waals surface area (Å²) in [4.78, 5) is 14.2. The van der Waals surface area contributed by atoms with Crippen LogP contribution in [0.15, 0.2) is 48.5 Å². The van der Waals surface area contributed by atoms with Crippen LogP contribution >= 0.6 is 11.6 Å². The number of amides is 1. The van der Waals surface area contributed by atoms with Gasteiger partial charge in [-0.2, -0.15) is 0 Å². The zero-order chi connectivity index (χ0) is 18.6. The first-order valence-electron chi connectivity index (χ1n) is 8.57. The van der Waals surface area contributed by atoms with E-state index >= 15 is 0 Å². The van der Waals surface area contributed by atoms with Crippen molar-refractivity contribution in [3.8, 4) is 5.75 Å². The van der Waals surface area contributed by atoms with Gasteiger partial charge in [0, 0.05) is 11.6 Å². The first kappa shape index (κ1) is 18.7. The lowest BCUT2D eigenvalue weighted by molar-refractivity contribution is -0.139. The average Bonchev–Trinajstić information content (AvgIpc) is 2.61. The van der Waals surface area contributed by atoms with E-state index in [0.29, 0.717) is 30.2 Å². The van der Waals surface area contributed by atoms with Gasteiger partial charge in [-0.15, -0.1) is 0 Å². The molecule has 2 aromatic rings. The van der Waals surface area contributed by atoms with Crippen LogP contribution in [0.1, 0.15) is 18.4 Å². The minimum atomic E-state index is -1.11. The Morgan fingerprint density at radius 2 is 2.04 bits per heavy atom. The molecule has 1 heterocycles. The maximum absolute atomic E-state index is 12.9. The average molecular weight is 378 g/mol. The number of hydrogen-bond donors (Lipinski definition) is 1. The third-order valence-electron chi connectivity index (χ3n) is 4.47. The molecule has 1 amide bonds. The minimum Gasteiger partial charge on any atom is -0.491 e. The van der Waals surface area contributed by atoms with E-state index in [1.54, 1.807) is 17.0 Å². The van der Waals surface area contributed by atoms with Crippen molar-refractivity contribution < 1.29 is 19.0 Å². The molecule has 1 aliphatic heterocycles. The highest BCUT2D eigenvalue weighted by atomic mass is 35.5. The van der Waals surface area contributed by atoms with E-state index in [0.717, 1.165) is 5.56 Å². The number of likely N-dealkylation sites (tertiary alicyclic amines) is 1. The van der Waals surface area contributed by atoms with E-state index < -0.39 is 5.60 Å². The quantitative estimate of drug-likeness (QED) is 0.868. The van der Waals surface area contributed by atoms with Gasteiger partial charge in [0.2, 0.25) is 5.91 Å². The van der Waals surface area contributed by atoms with E-state index in [-0.39, 0.29) is 31.3 Å². The van der Waals surface area contributed by atoms with Crippen molar-refractivity contribution in [2.24, 2.45) is 0 Å². The molecule has 138 valence electrons. The van der Waals surface area contributed by atoms with E-state index in [1.165, 1.54) is 24.3 Å². The summed E-state index contributed by atoms with van der Waals surface area (Å²) in [6.07, 6.45) is 1.50. The Balaban J connectivity index is 1.58. The van der Waals surface area contributed by atoms with Crippen molar-refractivity contribution in [1.29, 1.82) is 0 Å². The highest BCUT2D eigenvalue weighted by Crippen LogP contribution is 2.24. The summed E-state index contributed by atoms with van der Waals surface area (Å²) in [5, 5.41) is 11.4. The van der Waals surface area contributed by atoms with Crippen LogP contribution < -0.4 is 4.74 Å². The Bertz CT molecular complexity index is 768. The van der Waals surface area contributed by atoms with Crippen LogP contribution in [-0.2, 0) is 11.2 Å². The molecule has 0 saturated carbocycles. The Hall–Kier alpha value is -2.11. The summed E-state index contributed by atoms with van der Waals surface area (Å²) in [6.45, 7) is 0.880. The molecule has 0 spiro atoms. The van der Waals surface area contributed by atoms with Gasteiger partial charge in [0.15, 0.2) is 0 Å². The zero-order valence-electron chi connectivity index (χ0n) is 14.3. The van der Waals surface area contributed by atoms with Crippen molar-refractivity contribution in [3.63, 3.8) is 0 Å². The molecule has 0 radical (unpaired) electrons. The van der Waals surface area contributed by atoms with Crippen LogP contribution in [0.25, 0.3) is 0 Å². The van der Waals surface area contributed by atoms with Crippen molar-refractivity contribution in [1.82, 2.24) is 4.90 Å². The predicted molar refractivity (Wildman–Crippen MR) is 97.8 cm³/mol. The normalized spacial score (nSPS) is 20.0. The van der Waals surface area contributed by atoms with E-state index in [4.69, 9.17) is 16.3 Å². The lowest BCUT2D eigenvalue weighted by Gasteiger charge is -2.39. The Kier molecular flexibility index (Phi) is 5.79. The molecule has 6 heteroatoms. The van der Waals surface area contributed by atoms with Crippen molar-refractivity contribution in [2.75, 3.05) is 19.7 Å². The molecule has 2 aromatic carbocycles. The van der Waals surface area contributed by atoms with Gasteiger partial charge in [-0.3, -0.25) is 4.79 Å². The van der Waals surface area contributed by atoms with E-state index in [2.05, 4.69) is 0 Å². The zero-order valence-corrected chi connectivity index (χ0v) is 15.1. The number of rotatable bonds is 5. The van der Waals surface area contributed by atoms with Gasteiger partial charge in [-0.1, -0.05) is 23.7 Å². The topological polar surface area (TPSA) is 49.8 Å². The molecule has 1 unspecified atom stereocenters. The molecule has 1 saturated heterocycles. The second kappa shape index (κ2) is 8.06. The van der Waals surface area contributed by atoms with Crippen LogP contribution in [-0.4, -0.2) is 41.2 Å². The lowest BCUT2D eigenvalue weighted by atomic mass is 9.93. The van der Waals surface area contributed by atoms with Gasteiger partial charge in [-0.05, 0) is 54.8 Å². The first-order valence-corrected chi connectivity index (χ1v) is 8.94. The van der Waals surface area contributed by atoms with Crippen LogP contribution in [0.4, 0.5) is 4.39 Å². The molecule has 0 aliphatic carbocycles. The summed E-state index contributed by atoms with van der Waals surface area (Å²) >= 11 is 5.96. The summed E-state index contributed by atoms with van der Waals surface area (Å²) in [5.74, 6) is 0.0980. The van der Waals surface area contributed by atoms with Crippen molar-refractivity contribution in [2.45, 2.75) is 24.9 Å². The second-order valence-electron chi connectivity index (χ2n) is 6.69. The Labute approximate surface area is 157 Å². The number of aliphatic hydroxyl groups is 1. The number of β-amino-alcohol motifs (C(OH)–C–C–N with tert-alkyl or cyclic N) is 1. The Morgan fingerprint density at radius 1 is 1.27 bits per heavy atom. The van der Waals surface area contributed by atoms with Gasteiger partial charge in [0.05, 0.1) is 13.0 Å². The molecule has 4 nitrogen and oxygen atoms in total. The SMILES string of the molecule is O=C(Cc1cccc(Cl)c1)N1CCCC(O)(COc2ccc(F)cc2)C1. The number of ether oxygens (including phenoxy) is 1. The summed E-state index contributed by atoms with van der Waals surface area (Å²) in [7, 11) is 0. The summed E-state index contributed by atoms with van der Waals surface area (Å²) in [6, 6.07) is 12.9. The largest absolute Gasteiger partial charge is 0.491 e. The number of hydrogen-bond acceptors (Lipinski definition) is 3. The fraction of sp³-hybridized carbons (Fsp3) is 0.350. The Morgan fingerprint density at radius 3 is 2.77 bits per heavy atom. The monoisotopic (exact) mass is 377 g/mol. The molecule has 3 rings (SSSR count). The molecular weight excluding hydrogens is 357 g/mol. The summed E-state index contributed by atoms with van der Waals surface area (Å²) < 4.78 is 18.5. The number of carbonyl (C=O) groups excluding carboxylic acids is 1. The number of nitrogens with zero attached hydrogens (tertiary/aromatic N) is 1. The van der Waals surface area contributed by atoms with Crippen molar-refractivity contribution >= 4 is 17.5 Å². The highest BCUT2D eigenvalue weighted by Gasteiger charge is 2.36. The first-order chi connectivity index (χ1) is 12.4. The molecule has 26 heavy (non-hydrogen) atoms. The fourth-order valence-electron chi connectivity index (χ4n) is 3.12. The van der Waals surface area contributed by atoms with E-state index in [9.17, 15) is 14.3 Å². The molecule has 1 atom stereocenters. The smallest absolute Gasteiger partial charge is 0.227 e. The van der Waals surface area contributed by atoms with Gasteiger partial charge in [0.25, 0.3) is 0 Å². The van der Waals surface area contributed by atoms with Crippen molar-refractivity contribution in [3.05, 3.63) is 64.9 Å². The maximum Gasteiger partial charge on any atom is 0.227 e. The fourth-order valence-corrected chi connectivity index (χ4v) is 3.34. The maximum atomic E-state index is 12.9. The molecule has 1 aliphatic rings. The lowest BCUT2D eigenvalue weighted by Crippen LogP contribution is -2.53. The third-order valence-corrected chi connectivity index (χ3v) is 4.71. The van der Waals surface area contributed by atoms with Crippen LogP contribution in [0.5, 0.6) is 5.75 Å². The molecule has 0 bridgehead atoms. The van der Waals surface area contributed by atoms with Gasteiger partial charge in [0.1, 0.15) is 23.8 Å². The molecule has 1 fully saturated rings. The third kappa shape index (κ3) is 4.96. The number of piperidine rings is 1. The van der Waals surface area contributed by atoms with Gasteiger partial charge in [-0.25, -0.2) is 4.39 Å². The number of halogens is 2. The predicted octanol–water partition coefficient (Wildman–Crippen LogP) is 3.45. The van der Waals surface area contributed by atoms with E-state index in [1.807, 2.05) is 12.1 Å². The minimum absolute atomic E-state index is 0.0489. The standard InChI is InChI=1S/C20H21ClFNO3/c21-16-4-1-3-15(11-16)12-19(24)23-10-2-9-20(25,13-23)14-26-18-7-5-17(22)6-8-18/h1,3-8,11,25H,2,9-10,12-14H2. The summed E-state index contributed by atoms with van der Waals surface area (Å²) in [5.41, 5.74) is -0.268. The van der Waals surface area contributed by atoms with Crippen LogP contribution in [0.2, 0.25) is 5.02 Å². The number of benzene rings is 2. The molecule has 0 aromatic heterocycles. The van der Waals surface area contributed by atoms with Gasteiger partial charge >= 0.3 is 0 Å². The van der Waals surface area contributed by atoms with Crippen LogP contribution in [0.3, 0.4) is 0 Å². The van der Waals surface area contributed by atoms with Gasteiger partial charge < -0.3 is 14.7 Å².